The number of nitrogens with zero attached hydrogens (tertiary/aromatic N) is 3. The normalized spacial score (nSPS) is 15.1. The van der Waals surface area contributed by atoms with E-state index in [4.69, 9.17) is 0 Å². The van der Waals surface area contributed by atoms with E-state index in [-0.39, 0.29) is 23.7 Å². The quantitative estimate of drug-likeness (QED) is 0.790. The molecule has 2 aromatic rings. The lowest BCUT2D eigenvalue weighted by molar-refractivity contribution is -0.137. The number of carbonyl (C=O) groups is 1. The molecule has 1 aliphatic heterocycles. The number of para-hydroxylation sites is 1. The molecule has 1 N–H and O–H groups in total. The first-order valence-electron chi connectivity index (χ1n) is 8.91. The summed E-state index contributed by atoms with van der Waals surface area (Å²) in [6, 6.07) is 10.8. The summed E-state index contributed by atoms with van der Waals surface area (Å²) in [5, 5.41) is 11.8. The monoisotopic (exact) mass is 406 g/mol. The van der Waals surface area contributed by atoms with E-state index in [1.807, 2.05) is 15.9 Å². The molecule has 1 amide bonds. The Bertz CT molecular complexity index is 931. The lowest BCUT2D eigenvalue weighted by Crippen LogP contribution is -2.48. The summed E-state index contributed by atoms with van der Waals surface area (Å²) in [4.78, 5) is 15.8. The summed E-state index contributed by atoms with van der Waals surface area (Å²) in [6.07, 6.45) is -4.51. The van der Waals surface area contributed by atoms with Crippen LogP contribution in [-0.4, -0.2) is 43.5 Å². The molecule has 0 aliphatic carbocycles. The van der Waals surface area contributed by atoms with Gasteiger partial charge in [-0.15, -0.1) is 0 Å². The van der Waals surface area contributed by atoms with E-state index in [2.05, 4.69) is 5.32 Å². The van der Waals surface area contributed by atoms with Gasteiger partial charge in [-0.1, -0.05) is 12.1 Å². The number of piperazine rings is 1. The summed E-state index contributed by atoms with van der Waals surface area (Å²) in [5.41, 5.74) is -0.345. The van der Waals surface area contributed by atoms with Crippen LogP contribution in [0.3, 0.4) is 0 Å². The Labute approximate surface area is 165 Å². The number of benzene rings is 2. The van der Waals surface area contributed by atoms with Gasteiger partial charge in [-0.2, -0.15) is 18.4 Å². The molecule has 0 bridgehead atoms. The largest absolute Gasteiger partial charge is 0.416 e. The predicted octanol–water partition coefficient (Wildman–Crippen LogP) is 3.48. The molecule has 0 saturated carbocycles. The Kier molecular flexibility index (Phi) is 6.03. The molecular weight excluding hydrogens is 388 g/mol. The molecule has 3 rings (SSSR count). The topological polar surface area (TPSA) is 59.4 Å². The van der Waals surface area contributed by atoms with Crippen LogP contribution in [0.5, 0.6) is 0 Å². The van der Waals surface area contributed by atoms with Gasteiger partial charge in [-0.05, 0) is 30.3 Å². The van der Waals surface area contributed by atoms with E-state index >= 15 is 0 Å². The van der Waals surface area contributed by atoms with Crippen molar-refractivity contribution < 1.29 is 22.4 Å². The van der Waals surface area contributed by atoms with Crippen molar-refractivity contribution in [2.75, 3.05) is 42.9 Å². The van der Waals surface area contributed by atoms with Crippen LogP contribution in [-0.2, 0) is 11.0 Å². The zero-order valence-electron chi connectivity index (χ0n) is 15.3. The van der Waals surface area contributed by atoms with Crippen molar-refractivity contribution in [1.82, 2.24) is 4.90 Å². The van der Waals surface area contributed by atoms with Gasteiger partial charge in [0.15, 0.2) is 0 Å². The van der Waals surface area contributed by atoms with Gasteiger partial charge in [0.25, 0.3) is 0 Å². The van der Waals surface area contributed by atoms with Crippen LogP contribution in [0.4, 0.5) is 28.9 Å². The van der Waals surface area contributed by atoms with Crippen molar-refractivity contribution in [3.8, 4) is 6.07 Å². The number of halogens is 4. The minimum Gasteiger partial charge on any atom is -0.368 e. The minimum absolute atomic E-state index is 0.0365. The number of alkyl halides is 3. The standard InChI is InChI=1S/C20H18F4N4O/c21-16-3-1-2-4-17(16)26-19(29)13-27-7-9-28(10-8-27)18-6-5-15(20(22,23)24)11-14(18)12-25/h1-6,11H,7-10,13H2,(H,26,29). The van der Waals surface area contributed by atoms with Gasteiger partial charge in [0.2, 0.25) is 5.91 Å². The molecule has 0 atom stereocenters. The van der Waals surface area contributed by atoms with Crippen molar-refractivity contribution in [3.05, 3.63) is 59.4 Å². The van der Waals surface area contributed by atoms with E-state index in [0.29, 0.717) is 31.9 Å². The van der Waals surface area contributed by atoms with E-state index in [0.717, 1.165) is 12.1 Å². The average molecular weight is 406 g/mol. The number of amides is 1. The van der Waals surface area contributed by atoms with Gasteiger partial charge in [-0.3, -0.25) is 9.69 Å². The molecule has 9 heteroatoms. The maximum Gasteiger partial charge on any atom is 0.416 e. The smallest absolute Gasteiger partial charge is 0.368 e. The zero-order chi connectivity index (χ0) is 21.0. The molecule has 0 spiro atoms. The number of nitrogens with one attached hydrogen (secondary N) is 1. The molecule has 0 aromatic heterocycles. The van der Waals surface area contributed by atoms with Crippen LogP contribution < -0.4 is 10.2 Å². The highest BCUT2D eigenvalue weighted by Crippen LogP contribution is 2.33. The lowest BCUT2D eigenvalue weighted by atomic mass is 10.1. The maximum absolute atomic E-state index is 13.6. The summed E-state index contributed by atoms with van der Waals surface area (Å²) >= 11 is 0. The molecule has 1 heterocycles. The van der Waals surface area contributed by atoms with E-state index in [1.54, 1.807) is 6.07 Å². The fraction of sp³-hybridized carbons (Fsp3) is 0.300. The first kappa shape index (κ1) is 20.6. The van der Waals surface area contributed by atoms with Gasteiger partial charge in [0.05, 0.1) is 29.0 Å². The van der Waals surface area contributed by atoms with Gasteiger partial charge in [-0.25, -0.2) is 4.39 Å². The van der Waals surface area contributed by atoms with E-state index < -0.39 is 17.6 Å². The molecule has 2 aromatic carbocycles. The van der Waals surface area contributed by atoms with Crippen molar-refractivity contribution in [2.24, 2.45) is 0 Å². The Balaban J connectivity index is 1.59. The molecular formula is C20H18F4N4O. The highest BCUT2D eigenvalue weighted by molar-refractivity contribution is 5.92. The van der Waals surface area contributed by atoms with Crippen LogP contribution in [0.1, 0.15) is 11.1 Å². The number of hydrogen-bond donors (Lipinski definition) is 1. The Morgan fingerprint density at radius 1 is 1.10 bits per heavy atom. The Morgan fingerprint density at radius 2 is 1.79 bits per heavy atom. The molecule has 1 aliphatic rings. The van der Waals surface area contributed by atoms with Gasteiger partial charge in [0.1, 0.15) is 11.9 Å². The average Bonchev–Trinajstić information content (AvgIpc) is 2.69. The number of carbonyl (C=O) groups excluding carboxylic acids is 1. The Morgan fingerprint density at radius 3 is 2.41 bits per heavy atom. The third kappa shape index (κ3) is 5.03. The van der Waals surface area contributed by atoms with Crippen molar-refractivity contribution in [2.45, 2.75) is 6.18 Å². The highest BCUT2D eigenvalue weighted by atomic mass is 19.4. The predicted molar refractivity (Wildman–Crippen MR) is 99.8 cm³/mol. The maximum atomic E-state index is 13.6. The lowest BCUT2D eigenvalue weighted by Gasteiger charge is -2.36. The van der Waals surface area contributed by atoms with E-state index in [1.165, 1.54) is 24.3 Å². The fourth-order valence-corrected chi connectivity index (χ4v) is 3.18. The van der Waals surface area contributed by atoms with Crippen LogP contribution in [0.2, 0.25) is 0 Å². The van der Waals surface area contributed by atoms with Crippen LogP contribution >= 0.6 is 0 Å². The summed E-state index contributed by atoms with van der Waals surface area (Å²) in [6.45, 7) is 1.94. The second-order valence-electron chi connectivity index (χ2n) is 6.63. The van der Waals surface area contributed by atoms with E-state index in [9.17, 15) is 27.6 Å². The van der Waals surface area contributed by atoms with Crippen molar-refractivity contribution in [1.29, 1.82) is 5.26 Å². The molecule has 29 heavy (non-hydrogen) atoms. The second kappa shape index (κ2) is 8.49. The number of anilines is 2. The third-order valence-electron chi connectivity index (χ3n) is 4.67. The van der Waals surface area contributed by atoms with Gasteiger partial charge in [0, 0.05) is 26.2 Å². The molecule has 152 valence electrons. The summed E-state index contributed by atoms with van der Waals surface area (Å²) in [7, 11) is 0. The SMILES string of the molecule is N#Cc1cc(C(F)(F)F)ccc1N1CCN(CC(=O)Nc2ccccc2F)CC1. The highest BCUT2D eigenvalue weighted by Gasteiger charge is 2.31. The van der Waals surface area contributed by atoms with Crippen molar-refractivity contribution >= 4 is 17.3 Å². The van der Waals surface area contributed by atoms with Crippen molar-refractivity contribution in [3.63, 3.8) is 0 Å². The molecule has 0 unspecified atom stereocenters. The zero-order valence-corrected chi connectivity index (χ0v) is 15.3. The third-order valence-corrected chi connectivity index (χ3v) is 4.67. The molecule has 5 nitrogen and oxygen atoms in total. The first-order valence-corrected chi connectivity index (χ1v) is 8.91. The Hall–Kier alpha value is -3.12. The van der Waals surface area contributed by atoms with Gasteiger partial charge >= 0.3 is 6.18 Å². The number of nitriles is 1. The van der Waals surface area contributed by atoms with Crippen LogP contribution in [0.15, 0.2) is 42.5 Å². The second-order valence-corrected chi connectivity index (χ2v) is 6.63. The van der Waals surface area contributed by atoms with Crippen LogP contribution in [0, 0.1) is 17.1 Å². The number of hydrogen-bond acceptors (Lipinski definition) is 4. The molecule has 0 radical (unpaired) electrons. The minimum atomic E-state index is -4.51. The van der Waals surface area contributed by atoms with Gasteiger partial charge < -0.3 is 10.2 Å². The first-order chi connectivity index (χ1) is 13.8. The van der Waals surface area contributed by atoms with Crippen LogP contribution in [0.25, 0.3) is 0 Å². The number of rotatable bonds is 4. The molecule has 1 fully saturated rings. The fourth-order valence-electron chi connectivity index (χ4n) is 3.18. The summed E-state index contributed by atoms with van der Waals surface area (Å²) in [5.74, 6) is -0.868. The summed E-state index contributed by atoms with van der Waals surface area (Å²) < 4.78 is 52.1. The molecule has 1 saturated heterocycles.